The van der Waals surface area contributed by atoms with Crippen LogP contribution in [0.1, 0.15) is 25.0 Å². The lowest BCUT2D eigenvalue weighted by Gasteiger charge is -2.30. The van der Waals surface area contributed by atoms with Gasteiger partial charge in [-0.3, -0.25) is 0 Å². The molecule has 150 valence electrons. The number of halogens is 3. The molecule has 2 aromatic rings. The number of epoxide rings is 2. The Kier molecular flexibility index (Phi) is 6.10. The zero-order valence-electron chi connectivity index (χ0n) is 15.6. The van der Waals surface area contributed by atoms with Crippen molar-refractivity contribution in [3.63, 3.8) is 0 Å². The first kappa shape index (κ1) is 20.7. The Balaban J connectivity index is 1.57. The minimum absolute atomic E-state index is 0.216. The third kappa shape index (κ3) is 4.59. The maximum absolute atomic E-state index is 5.90. The van der Waals surface area contributed by atoms with Crippen molar-refractivity contribution in [3.8, 4) is 11.5 Å². The van der Waals surface area contributed by atoms with Crippen molar-refractivity contribution in [2.75, 3.05) is 26.4 Å². The van der Waals surface area contributed by atoms with Crippen LogP contribution in [0.4, 0.5) is 0 Å². The van der Waals surface area contributed by atoms with Crippen LogP contribution in [0, 0.1) is 0 Å². The van der Waals surface area contributed by atoms with E-state index < -0.39 is 0 Å². The van der Waals surface area contributed by atoms with E-state index in [4.69, 9.17) is 18.9 Å². The zero-order valence-corrected chi connectivity index (χ0v) is 20.4. The van der Waals surface area contributed by atoms with E-state index in [1.165, 1.54) is 5.56 Å². The SMILES string of the molecule is CC(C)(c1ccc(OCC2CO2)cc1)c1c(Br)cc(OCC2CO2)c(Br)c1Br. The van der Waals surface area contributed by atoms with E-state index in [9.17, 15) is 0 Å². The molecule has 2 aliphatic heterocycles. The van der Waals surface area contributed by atoms with Gasteiger partial charge in [0.2, 0.25) is 0 Å². The fourth-order valence-electron chi connectivity index (χ4n) is 3.06. The predicted molar refractivity (Wildman–Crippen MR) is 119 cm³/mol. The third-order valence-corrected chi connectivity index (χ3v) is 7.73. The van der Waals surface area contributed by atoms with Crippen molar-refractivity contribution < 1.29 is 18.9 Å². The van der Waals surface area contributed by atoms with Crippen LogP contribution < -0.4 is 9.47 Å². The van der Waals surface area contributed by atoms with Gasteiger partial charge in [-0.15, -0.1) is 0 Å². The Labute approximate surface area is 190 Å². The van der Waals surface area contributed by atoms with Crippen LogP contribution in [0.3, 0.4) is 0 Å². The Morgan fingerprint density at radius 2 is 1.50 bits per heavy atom. The zero-order chi connectivity index (χ0) is 19.9. The standard InChI is InChI=1S/C21H21Br3O4/c1-21(2,12-3-5-13(6-4-12)25-8-14-9-26-14)18-16(22)7-17(19(23)20(18)24)28-11-15-10-27-15/h3-7,14-15H,8-11H2,1-2H3. The average molecular weight is 577 g/mol. The van der Waals surface area contributed by atoms with E-state index >= 15 is 0 Å². The molecule has 0 radical (unpaired) electrons. The smallest absolute Gasteiger partial charge is 0.135 e. The number of hydrogen-bond donors (Lipinski definition) is 0. The van der Waals surface area contributed by atoms with Crippen molar-refractivity contribution in [1.29, 1.82) is 0 Å². The summed E-state index contributed by atoms with van der Waals surface area (Å²) in [7, 11) is 0. The molecule has 2 fully saturated rings. The molecule has 2 saturated heterocycles. The first-order valence-corrected chi connectivity index (χ1v) is 11.5. The summed E-state index contributed by atoms with van der Waals surface area (Å²) >= 11 is 11.2. The van der Waals surface area contributed by atoms with Crippen LogP contribution in [0.15, 0.2) is 43.7 Å². The van der Waals surface area contributed by atoms with Crippen molar-refractivity contribution in [2.45, 2.75) is 31.5 Å². The second-order valence-electron chi connectivity index (χ2n) is 7.54. The number of hydrogen-bond acceptors (Lipinski definition) is 4. The van der Waals surface area contributed by atoms with Crippen LogP contribution >= 0.6 is 47.8 Å². The van der Waals surface area contributed by atoms with Crippen LogP contribution in [-0.2, 0) is 14.9 Å². The maximum atomic E-state index is 5.90. The van der Waals surface area contributed by atoms with E-state index in [0.717, 1.165) is 43.7 Å². The van der Waals surface area contributed by atoms with E-state index in [2.05, 4.69) is 73.8 Å². The second kappa shape index (κ2) is 8.26. The highest BCUT2D eigenvalue weighted by molar-refractivity contribution is 9.13. The molecule has 4 nitrogen and oxygen atoms in total. The molecule has 2 unspecified atom stereocenters. The van der Waals surface area contributed by atoms with Crippen molar-refractivity contribution in [3.05, 3.63) is 54.9 Å². The fraction of sp³-hybridized carbons (Fsp3) is 0.429. The molecule has 0 spiro atoms. The lowest BCUT2D eigenvalue weighted by atomic mass is 9.78. The van der Waals surface area contributed by atoms with Crippen LogP contribution in [0.5, 0.6) is 11.5 Å². The van der Waals surface area contributed by atoms with Gasteiger partial charge in [0, 0.05) is 14.4 Å². The molecule has 2 aromatic carbocycles. The highest BCUT2D eigenvalue weighted by atomic mass is 79.9. The largest absolute Gasteiger partial charge is 0.491 e. The molecule has 2 heterocycles. The van der Waals surface area contributed by atoms with Gasteiger partial charge >= 0.3 is 0 Å². The highest BCUT2D eigenvalue weighted by Crippen LogP contribution is 2.47. The molecule has 7 heteroatoms. The Hall–Kier alpha value is -0.600. The maximum Gasteiger partial charge on any atom is 0.135 e. The first-order chi connectivity index (χ1) is 13.4. The molecule has 28 heavy (non-hydrogen) atoms. The lowest BCUT2D eigenvalue weighted by Crippen LogP contribution is -2.21. The van der Waals surface area contributed by atoms with Gasteiger partial charge in [-0.1, -0.05) is 41.9 Å². The van der Waals surface area contributed by atoms with Crippen LogP contribution in [0.2, 0.25) is 0 Å². The van der Waals surface area contributed by atoms with Gasteiger partial charge in [0.25, 0.3) is 0 Å². The van der Waals surface area contributed by atoms with E-state index in [1.54, 1.807) is 0 Å². The van der Waals surface area contributed by atoms with Gasteiger partial charge in [-0.2, -0.15) is 0 Å². The molecule has 0 aliphatic carbocycles. The third-order valence-electron chi connectivity index (χ3n) is 4.99. The van der Waals surface area contributed by atoms with Gasteiger partial charge in [0.05, 0.1) is 17.7 Å². The summed E-state index contributed by atoms with van der Waals surface area (Å²) < 4.78 is 25.0. The molecule has 4 rings (SSSR count). The Morgan fingerprint density at radius 3 is 2.07 bits per heavy atom. The van der Waals surface area contributed by atoms with Gasteiger partial charge < -0.3 is 18.9 Å². The number of benzene rings is 2. The molecule has 0 N–H and O–H groups in total. The first-order valence-electron chi connectivity index (χ1n) is 9.13. The summed E-state index contributed by atoms with van der Waals surface area (Å²) in [6, 6.07) is 10.3. The van der Waals surface area contributed by atoms with Crippen molar-refractivity contribution in [2.24, 2.45) is 0 Å². The lowest BCUT2D eigenvalue weighted by molar-refractivity contribution is 0.261. The van der Waals surface area contributed by atoms with E-state index in [-0.39, 0.29) is 17.6 Å². The second-order valence-corrected chi connectivity index (χ2v) is 9.98. The minimum Gasteiger partial charge on any atom is -0.491 e. The Morgan fingerprint density at radius 1 is 0.929 bits per heavy atom. The van der Waals surface area contributed by atoms with Gasteiger partial charge in [-0.05, 0) is 61.2 Å². The molecule has 0 bridgehead atoms. The summed E-state index contributed by atoms with van der Waals surface area (Å²) in [5.41, 5.74) is 2.10. The molecule has 2 aliphatic rings. The summed E-state index contributed by atoms with van der Waals surface area (Å²) in [5.74, 6) is 1.65. The van der Waals surface area contributed by atoms with E-state index in [1.807, 2.05) is 18.2 Å². The Bertz CT molecular complexity index is 859. The predicted octanol–water partition coefficient (Wildman–Crippen LogP) is 5.86. The van der Waals surface area contributed by atoms with Crippen LogP contribution in [-0.4, -0.2) is 38.6 Å². The summed E-state index contributed by atoms with van der Waals surface area (Å²) in [4.78, 5) is 0. The van der Waals surface area contributed by atoms with Gasteiger partial charge in [0.1, 0.15) is 36.9 Å². The van der Waals surface area contributed by atoms with Crippen molar-refractivity contribution >= 4 is 47.8 Å². The molecular formula is C21H21Br3O4. The average Bonchev–Trinajstić information content (AvgIpc) is 3.56. The summed E-state index contributed by atoms with van der Waals surface area (Å²) in [5, 5.41) is 0. The summed E-state index contributed by atoms with van der Waals surface area (Å²) in [6.45, 7) is 7.16. The highest BCUT2D eigenvalue weighted by Gasteiger charge is 2.31. The minimum atomic E-state index is -0.240. The van der Waals surface area contributed by atoms with Crippen molar-refractivity contribution in [1.82, 2.24) is 0 Å². The van der Waals surface area contributed by atoms with Gasteiger partial charge in [0.15, 0.2) is 0 Å². The molecule has 0 saturated carbocycles. The molecular weight excluding hydrogens is 556 g/mol. The molecule has 0 amide bonds. The summed E-state index contributed by atoms with van der Waals surface area (Å²) in [6.07, 6.45) is 0.473. The van der Waals surface area contributed by atoms with Crippen LogP contribution in [0.25, 0.3) is 0 Å². The van der Waals surface area contributed by atoms with Gasteiger partial charge in [-0.25, -0.2) is 0 Å². The molecule has 2 atom stereocenters. The number of rotatable bonds is 8. The van der Waals surface area contributed by atoms with E-state index in [0.29, 0.717) is 13.2 Å². The topological polar surface area (TPSA) is 43.5 Å². The fourth-order valence-corrected chi connectivity index (χ4v) is 5.56. The number of ether oxygens (including phenoxy) is 4. The quantitative estimate of drug-likeness (QED) is 0.292. The monoisotopic (exact) mass is 574 g/mol. The normalized spacial score (nSPS) is 20.8. The molecule has 0 aromatic heterocycles.